The number of nitrogens with zero attached hydrogens (tertiary/aromatic N) is 2. The molecule has 0 N–H and O–H groups in total. The summed E-state index contributed by atoms with van der Waals surface area (Å²) in [7, 11) is -6.00. The molecule has 2 aromatic heterocycles. The molecule has 0 aliphatic carbocycles. The van der Waals surface area contributed by atoms with Crippen LogP contribution in [0.2, 0.25) is 0 Å². The lowest BCUT2D eigenvalue weighted by molar-refractivity contribution is -0.666. The molecule has 2 heterocycles. The van der Waals surface area contributed by atoms with Crippen LogP contribution in [-0.4, -0.2) is 12.2 Å². The fourth-order valence-corrected chi connectivity index (χ4v) is 3.93. The van der Waals surface area contributed by atoms with Crippen LogP contribution in [0.5, 0.6) is 0 Å². The quantitative estimate of drug-likeness (QED) is 0.141. The van der Waals surface area contributed by atoms with Crippen molar-refractivity contribution in [2.75, 3.05) is 0 Å². The lowest BCUT2D eigenvalue weighted by atomic mass is 10.00. The summed E-state index contributed by atoms with van der Waals surface area (Å²) in [6.45, 7) is 0.770. The van der Waals surface area contributed by atoms with Crippen molar-refractivity contribution in [1.29, 1.82) is 0 Å². The molecule has 0 fully saturated rings. The molecule has 7 heteroatoms. The van der Waals surface area contributed by atoms with Crippen molar-refractivity contribution in [1.82, 2.24) is 4.98 Å². The average Bonchev–Trinajstić information content (AvgIpc) is 2.90. The van der Waals surface area contributed by atoms with Crippen molar-refractivity contribution in [2.24, 2.45) is 0 Å². The molecule has 0 aliphatic rings. The van der Waals surface area contributed by atoms with E-state index in [2.05, 4.69) is 114 Å². The van der Waals surface area contributed by atoms with Crippen LogP contribution >= 0.6 is 0 Å². The van der Waals surface area contributed by atoms with Gasteiger partial charge < -0.3 is 17.3 Å². The highest BCUT2D eigenvalue weighted by molar-refractivity contribution is 6.50. The number of benzene rings is 3. The molecule has 2 nitrogen and oxygen atoms in total. The number of hydrogen-bond acceptors (Lipinski definition) is 1. The van der Waals surface area contributed by atoms with Gasteiger partial charge in [0.15, 0.2) is 6.54 Å². The highest BCUT2D eigenvalue weighted by Gasteiger charge is 2.23. The van der Waals surface area contributed by atoms with Crippen LogP contribution < -0.4 is 4.57 Å². The van der Waals surface area contributed by atoms with Crippen LogP contribution in [0.4, 0.5) is 17.3 Å². The Hall–Kier alpha value is -4.26. The fourth-order valence-electron chi connectivity index (χ4n) is 3.93. The van der Waals surface area contributed by atoms with E-state index in [4.69, 9.17) is 4.98 Å². The SMILES string of the molecule is F[B-](F)(F)F.c1ccc(C[n+]2c(-c3ccccc3)cc(-c3ccccc3)cc2-c2ccccn2)cc1. The van der Waals surface area contributed by atoms with Crippen molar-refractivity contribution < 1.29 is 21.8 Å². The second kappa shape index (κ2) is 11.4. The fraction of sp³-hybridized carbons (Fsp3) is 0.0345. The van der Waals surface area contributed by atoms with Crippen molar-refractivity contribution >= 4 is 7.25 Å². The molecule has 0 saturated carbocycles. The summed E-state index contributed by atoms with van der Waals surface area (Å²) in [5, 5.41) is 0. The molecular weight excluding hydrogens is 463 g/mol. The molecule has 36 heavy (non-hydrogen) atoms. The summed E-state index contributed by atoms with van der Waals surface area (Å²) in [4.78, 5) is 4.70. The Balaban J connectivity index is 0.000000556. The van der Waals surface area contributed by atoms with E-state index in [1.54, 1.807) is 0 Å². The highest BCUT2D eigenvalue weighted by atomic mass is 19.5. The van der Waals surface area contributed by atoms with Crippen LogP contribution in [0, 0.1) is 0 Å². The summed E-state index contributed by atoms with van der Waals surface area (Å²) >= 11 is 0. The molecule has 0 amide bonds. The van der Waals surface area contributed by atoms with Crippen LogP contribution in [0.15, 0.2) is 128 Å². The molecule has 0 aliphatic heterocycles. The number of hydrogen-bond donors (Lipinski definition) is 0. The molecule has 0 bridgehead atoms. The first-order valence-corrected chi connectivity index (χ1v) is 11.4. The van der Waals surface area contributed by atoms with E-state index in [0.29, 0.717) is 0 Å². The van der Waals surface area contributed by atoms with Crippen LogP contribution in [0.25, 0.3) is 33.8 Å². The van der Waals surface area contributed by atoms with E-state index in [9.17, 15) is 17.3 Å². The van der Waals surface area contributed by atoms with Crippen LogP contribution in [0.3, 0.4) is 0 Å². The number of halogens is 4. The average molecular weight is 486 g/mol. The lowest BCUT2D eigenvalue weighted by Crippen LogP contribution is -2.39. The van der Waals surface area contributed by atoms with E-state index in [1.165, 1.54) is 27.9 Å². The van der Waals surface area contributed by atoms with Gasteiger partial charge >= 0.3 is 7.25 Å². The van der Waals surface area contributed by atoms with Gasteiger partial charge in [-0.25, -0.2) is 4.98 Å². The minimum absolute atomic E-state index is 0.770. The molecule has 0 unspecified atom stereocenters. The summed E-state index contributed by atoms with van der Waals surface area (Å²) in [6, 6.07) is 42.4. The third-order valence-electron chi connectivity index (χ3n) is 5.45. The molecule has 0 spiro atoms. The summed E-state index contributed by atoms with van der Waals surface area (Å²) in [6.07, 6.45) is 1.86. The van der Waals surface area contributed by atoms with Crippen LogP contribution in [-0.2, 0) is 6.54 Å². The van der Waals surface area contributed by atoms with Gasteiger partial charge in [0, 0.05) is 29.5 Å². The van der Waals surface area contributed by atoms with Gasteiger partial charge in [0.2, 0.25) is 11.4 Å². The van der Waals surface area contributed by atoms with E-state index < -0.39 is 7.25 Å². The monoisotopic (exact) mass is 486 g/mol. The van der Waals surface area contributed by atoms with Crippen molar-refractivity contribution in [3.8, 4) is 33.8 Å². The minimum Gasteiger partial charge on any atom is -0.418 e. The van der Waals surface area contributed by atoms with Crippen molar-refractivity contribution in [2.45, 2.75) is 6.54 Å². The first-order valence-electron chi connectivity index (χ1n) is 11.4. The second-order valence-corrected chi connectivity index (χ2v) is 8.03. The zero-order valence-electron chi connectivity index (χ0n) is 19.3. The Kier molecular flexibility index (Phi) is 7.90. The summed E-state index contributed by atoms with van der Waals surface area (Å²) in [5.74, 6) is 0. The Morgan fingerprint density at radius 1 is 0.556 bits per heavy atom. The molecule has 180 valence electrons. The minimum atomic E-state index is -6.00. The molecule has 0 saturated heterocycles. The zero-order valence-corrected chi connectivity index (χ0v) is 19.3. The first-order chi connectivity index (χ1) is 17.4. The first kappa shape index (κ1) is 24.9. The van der Waals surface area contributed by atoms with Crippen molar-refractivity contribution in [3.05, 3.63) is 133 Å². The predicted molar refractivity (Wildman–Crippen MR) is 136 cm³/mol. The Morgan fingerprint density at radius 2 is 1.06 bits per heavy atom. The normalized spacial score (nSPS) is 10.9. The molecule has 5 rings (SSSR count). The van der Waals surface area contributed by atoms with E-state index in [0.717, 1.165) is 17.9 Å². The topological polar surface area (TPSA) is 16.8 Å². The van der Waals surface area contributed by atoms with Gasteiger partial charge in [0.25, 0.3) is 0 Å². The molecule has 5 aromatic rings. The zero-order chi connectivity index (χ0) is 25.4. The van der Waals surface area contributed by atoms with E-state index >= 15 is 0 Å². The molecule has 0 radical (unpaired) electrons. The Morgan fingerprint density at radius 3 is 1.61 bits per heavy atom. The Labute approximate surface area is 207 Å². The van der Waals surface area contributed by atoms with Crippen LogP contribution in [0.1, 0.15) is 5.56 Å². The molecule has 0 atom stereocenters. The van der Waals surface area contributed by atoms with Gasteiger partial charge in [-0.1, -0.05) is 84.9 Å². The Bertz CT molecular complexity index is 1310. The third kappa shape index (κ3) is 6.89. The largest absolute Gasteiger partial charge is 0.673 e. The van der Waals surface area contributed by atoms with Gasteiger partial charge in [-0.15, -0.1) is 0 Å². The van der Waals surface area contributed by atoms with E-state index in [1.807, 2.05) is 18.3 Å². The molecular formula is C29H23BF4N2. The third-order valence-corrected chi connectivity index (χ3v) is 5.45. The molecule has 3 aromatic carbocycles. The summed E-state index contributed by atoms with van der Waals surface area (Å²) in [5.41, 5.74) is 8.07. The maximum Gasteiger partial charge on any atom is 0.673 e. The standard InChI is InChI=1S/C29H23N2.BF4/c1-4-12-23(13-5-1)22-31-28(25-16-8-3-9-17-25)20-26(24-14-6-2-7-15-24)21-29(31)27-18-10-11-19-30-27;2-1(3,4)5/h1-21H,22H2;/q+1;-1. The number of aromatic nitrogens is 2. The highest BCUT2D eigenvalue weighted by Crippen LogP contribution is 2.28. The number of rotatable bonds is 5. The predicted octanol–water partition coefficient (Wildman–Crippen LogP) is 7.72. The maximum absolute atomic E-state index is 9.75. The van der Waals surface area contributed by atoms with Gasteiger partial charge in [-0.05, 0) is 35.4 Å². The van der Waals surface area contributed by atoms with Gasteiger partial charge in [-0.2, -0.15) is 4.57 Å². The maximum atomic E-state index is 9.75. The smallest absolute Gasteiger partial charge is 0.418 e. The lowest BCUT2D eigenvalue weighted by Gasteiger charge is -2.12. The summed E-state index contributed by atoms with van der Waals surface area (Å²) < 4.78 is 41.4. The van der Waals surface area contributed by atoms with Gasteiger partial charge in [0.05, 0.1) is 0 Å². The van der Waals surface area contributed by atoms with Gasteiger partial charge in [-0.3, -0.25) is 0 Å². The van der Waals surface area contributed by atoms with E-state index in [-0.39, 0.29) is 0 Å². The van der Waals surface area contributed by atoms with Crippen molar-refractivity contribution in [3.63, 3.8) is 0 Å². The van der Waals surface area contributed by atoms with Gasteiger partial charge in [0.1, 0.15) is 5.69 Å². The number of pyridine rings is 2. The second-order valence-electron chi connectivity index (χ2n) is 8.03.